The maximum atomic E-state index is 12.9. The molecule has 6 nitrogen and oxygen atoms in total. The first kappa shape index (κ1) is 14.6. The second kappa shape index (κ2) is 5.16. The Morgan fingerprint density at radius 1 is 1.14 bits per heavy atom. The fourth-order valence-corrected chi connectivity index (χ4v) is 2.14. The third-order valence-electron chi connectivity index (χ3n) is 2.86. The van der Waals surface area contributed by atoms with E-state index in [0.29, 0.717) is 11.4 Å². The molecular weight excluding hydrogens is 321 g/mol. The highest BCUT2D eigenvalue weighted by atomic mass is 35.5. The number of aryl methyl sites for hydroxylation is 1. The molecule has 0 saturated carbocycles. The van der Waals surface area contributed by atoms with Gasteiger partial charge in [0.25, 0.3) is 0 Å². The maximum Gasteiger partial charge on any atom is 0.406 e. The Morgan fingerprint density at radius 3 is 2.45 bits per heavy atom. The zero-order valence-corrected chi connectivity index (χ0v) is 11.9. The second-order valence-corrected chi connectivity index (χ2v) is 4.85. The van der Waals surface area contributed by atoms with Gasteiger partial charge in [0.1, 0.15) is 30.0 Å². The summed E-state index contributed by atoms with van der Waals surface area (Å²) >= 11 is 5.89. The van der Waals surface area contributed by atoms with Crippen molar-refractivity contribution in [2.75, 3.05) is 0 Å². The van der Waals surface area contributed by atoms with Gasteiger partial charge < -0.3 is 0 Å². The molecule has 3 rings (SSSR count). The largest absolute Gasteiger partial charge is 0.406 e. The minimum Gasteiger partial charge on any atom is -0.299 e. The van der Waals surface area contributed by atoms with E-state index in [1.807, 2.05) is 0 Å². The van der Waals surface area contributed by atoms with Gasteiger partial charge in [-0.15, -0.1) is 0 Å². The first-order valence-corrected chi connectivity index (χ1v) is 6.45. The van der Waals surface area contributed by atoms with Gasteiger partial charge in [-0.25, -0.2) is 24.9 Å². The molecule has 3 heterocycles. The Morgan fingerprint density at radius 2 is 1.82 bits per heavy atom. The lowest BCUT2D eigenvalue weighted by molar-refractivity contribution is -0.139. The zero-order valence-electron chi connectivity index (χ0n) is 11.1. The van der Waals surface area contributed by atoms with Crippen molar-refractivity contribution in [2.24, 2.45) is 0 Å². The summed E-state index contributed by atoms with van der Waals surface area (Å²) in [5.41, 5.74) is 0.445. The van der Waals surface area contributed by atoms with Crippen LogP contribution in [0.2, 0.25) is 5.15 Å². The van der Waals surface area contributed by atoms with Crippen molar-refractivity contribution in [3.05, 3.63) is 29.7 Å². The first-order valence-electron chi connectivity index (χ1n) is 6.07. The average molecular weight is 329 g/mol. The maximum absolute atomic E-state index is 12.9. The molecular formula is C12H8ClF3N6. The quantitative estimate of drug-likeness (QED) is 0.677. The van der Waals surface area contributed by atoms with Crippen LogP contribution < -0.4 is 0 Å². The van der Waals surface area contributed by atoms with Gasteiger partial charge >= 0.3 is 6.18 Å². The number of hydrogen-bond donors (Lipinski definition) is 0. The molecule has 114 valence electrons. The van der Waals surface area contributed by atoms with Crippen LogP contribution in [0.15, 0.2) is 18.7 Å². The molecule has 0 aliphatic rings. The summed E-state index contributed by atoms with van der Waals surface area (Å²) in [6.07, 6.45) is -0.546. The van der Waals surface area contributed by atoms with Crippen LogP contribution in [0.3, 0.4) is 0 Å². The van der Waals surface area contributed by atoms with Crippen molar-refractivity contribution in [3.8, 4) is 11.4 Å². The summed E-state index contributed by atoms with van der Waals surface area (Å²) in [5.74, 6) is 0.537. The van der Waals surface area contributed by atoms with E-state index in [2.05, 4.69) is 24.9 Å². The third-order valence-corrected chi connectivity index (χ3v) is 3.14. The molecule has 3 aromatic rings. The Bertz CT molecular complexity index is 827. The molecule has 0 amide bonds. The van der Waals surface area contributed by atoms with Gasteiger partial charge in [-0.2, -0.15) is 13.2 Å². The predicted octanol–water partition coefficient (Wildman–Crippen LogP) is 2.81. The number of imidazole rings is 1. The van der Waals surface area contributed by atoms with Crippen molar-refractivity contribution >= 4 is 22.8 Å². The van der Waals surface area contributed by atoms with Crippen molar-refractivity contribution < 1.29 is 13.2 Å². The molecule has 0 spiro atoms. The highest BCUT2D eigenvalue weighted by Gasteiger charge is 2.31. The van der Waals surface area contributed by atoms with Gasteiger partial charge in [0.05, 0.1) is 5.56 Å². The number of fused-ring (bicyclic) bond motifs is 1. The van der Waals surface area contributed by atoms with Crippen LogP contribution in [0.5, 0.6) is 0 Å². The smallest absolute Gasteiger partial charge is 0.299 e. The average Bonchev–Trinajstić information content (AvgIpc) is 2.78. The monoisotopic (exact) mass is 328 g/mol. The molecule has 3 aromatic heterocycles. The van der Waals surface area contributed by atoms with E-state index in [4.69, 9.17) is 11.6 Å². The van der Waals surface area contributed by atoms with Crippen LogP contribution in [-0.4, -0.2) is 35.7 Å². The van der Waals surface area contributed by atoms with Crippen LogP contribution in [0.1, 0.15) is 5.82 Å². The highest BCUT2D eigenvalue weighted by molar-refractivity contribution is 6.33. The van der Waals surface area contributed by atoms with Gasteiger partial charge in [0, 0.05) is 12.4 Å². The third kappa shape index (κ3) is 2.71. The van der Waals surface area contributed by atoms with E-state index in [0.717, 1.165) is 10.9 Å². The number of hydrogen-bond acceptors (Lipinski definition) is 5. The van der Waals surface area contributed by atoms with Gasteiger partial charge in [0.15, 0.2) is 10.8 Å². The summed E-state index contributed by atoms with van der Waals surface area (Å²) < 4.78 is 39.5. The Hall–Kier alpha value is -2.29. The molecule has 0 bridgehead atoms. The number of nitrogens with zero attached hydrogens (tertiary/aromatic N) is 6. The van der Waals surface area contributed by atoms with Gasteiger partial charge in [-0.1, -0.05) is 11.6 Å². The first-order chi connectivity index (χ1) is 10.3. The summed E-state index contributed by atoms with van der Waals surface area (Å²) in [5, 5.41) is -0.0137. The van der Waals surface area contributed by atoms with E-state index in [1.54, 1.807) is 6.92 Å². The number of rotatable bonds is 2. The summed E-state index contributed by atoms with van der Waals surface area (Å²) in [7, 11) is 0. The topological polar surface area (TPSA) is 69.4 Å². The number of aromatic nitrogens is 6. The molecule has 0 radical (unpaired) electrons. The summed E-state index contributed by atoms with van der Waals surface area (Å²) in [6, 6.07) is 0. The molecule has 0 aromatic carbocycles. The molecule has 0 N–H and O–H groups in total. The van der Waals surface area contributed by atoms with Gasteiger partial charge in [-0.05, 0) is 6.92 Å². The van der Waals surface area contributed by atoms with E-state index < -0.39 is 12.7 Å². The van der Waals surface area contributed by atoms with Crippen LogP contribution >= 0.6 is 11.6 Å². The highest BCUT2D eigenvalue weighted by Crippen LogP contribution is 2.29. The molecule has 0 aliphatic carbocycles. The van der Waals surface area contributed by atoms with Crippen LogP contribution in [0.25, 0.3) is 22.6 Å². The molecule has 22 heavy (non-hydrogen) atoms. The van der Waals surface area contributed by atoms with Crippen molar-refractivity contribution in [1.82, 2.24) is 29.5 Å². The SMILES string of the molecule is Cc1ncc(-c2nc3c(Cl)ncnc3n2CC(F)(F)F)cn1. The summed E-state index contributed by atoms with van der Waals surface area (Å²) in [6.45, 7) is 0.421. The second-order valence-electron chi connectivity index (χ2n) is 4.49. The zero-order chi connectivity index (χ0) is 15.9. The summed E-state index contributed by atoms with van der Waals surface area (Å²) in [4.78, 5) is 19.7. The molecule has 0 saturated heterocycles. The van der Waals surface area contributed by atoms with Crippen molar-refractivity contribution in [1.29, 1.82) is 0 Å². The fraction of sp³-hybridized carbons (Fsp3) is 0.250. The van der Waals surface area contributed by atoms with Crippen molar-refractivity contribution in [3.63, 3.8) is 0 Å². The lowest BCUT2D eigenvalue weighted by atomic mass is 10.3. The molecule has 0 fully saturated rings. The predicted molar refractivity (Wildman–Crippen MR) is 72.2 cm³/mol. The van der Waals surface area contributed by atoms with Gasteiger partial charge in [-0.3, -0.25) is 4.57 Å². The lowest BCUT2D eigenvalue weighted by Gasteiger charge is -2.11. The van der Waals surface area contributed by atoms with E-state index in [9.17, 15) is 13.2 Å². The Kier molecular flexibility index (Phi) is 3.44. The van der Waals surface area contributed by atoms with Crippen LogP contribution in [0.4, 0.5) is 13.2 Å². The van der Waals surface area contributed by atoms with Gasteiger partial charge in [0.2, 0.25) is 0 Å². The Balaban J connectivity index is 2.26. The van der Waals surface area contributed by atoms with E-state index in [1.165, 1.54) is 12.4 Å². The Labute approximate surface area is 127 Å². The lowest BCUT2D eigenvalue weighted by Crippen LogP contribution is -2.18. The van der Waals surface area contributed by atoms with E-state index >= 15 is 0 Å². The van der Waals surface area contributed by atoms with Crippen molar-refractivity contribution in [2.45, 2.75) is 19.6 Å². The molecule has 0 atom stereocenters. The number of halogens is 4. The normalized spacial score (nSPS) is 12.0. The fourth-order valence-electron chi connectivity index (χ4n) is 1.97. The molecule has 0 aliphatic heterocycles. The minimum absolute atomic E-state index is 0.00731. The minimum atomic E-state index is -4.44. The molecule has 0 unspecified atom stereocenters. The van der Waals surface area contributed by atoms with Crippen LogP contribution in [0, 0.1) is 6.92 Å². The standard InChI is InChI=1S/C12H8ClF3N6/c1-6-17-2-7(3-18-6)10-21-8-9(13)19-5-20-11(8)22(10)4-12(14,15)16/h2-3,5H,4H2,1H3. The number of alkyl halides is 3. The van der Waals surface area contributed by atoms with Crippen LogP contribution in [-0.2, 0) is 6.54 Å². The molecule has 10 heteroatoms. The van der Waals surface area contributed by atoms with E-state index in [-0.39, 0.29) is 22.1 Å².